The van der Waals surface area contributed by atoms with Crippen LogP contribution in [0.15, 0.2) is 48.5 Å². The second-order valence-electron chi connectivity index (χ2n) is 9.09. The van der Waals surface area contributed by atoms with E-state index in [4.69, 9.17) is 4.74 Å². The van der Waals surface area contributed by atoms with E-state index < -0.39 is 0 Å². The van der Waals surface area contributed by atoms with E-state index in [-0.39, 0.29) is 11.7 Å². The fraction of sp³-hybridized carbons (Fsp3) is 0.407. The molecule has 2 aliphatic heterocycles. The molecule has 6 nitrogen and oxygen atoms in total. The summed E-state index contributed by atoms with van der Waals surface area (Å²) in [7, 11) is 0. The van der Waals surface area contributed by atoms with Crippen LogP contribution in [0.1, 0.15) is 31.2 Å². The highest BCUT2D eigenvalue weighted by Crippen LogP contribution is 2.28. The van der Waals surface area contributed by atoms with Crippen molar-refractivity contribution in [1.29, 1.82) is 0 Å². The minimum absolute atomic E-state index is 0.0242. The van der Waals surface area contributed by atoms with E-state index in [1.807, 2.05) is 24.3 Å². The predicted molar refractivity (Wildman–Crippen MR) is 133 cm³/mol. The van der Waals surface area contributed by atoms with E-state index in [0.717, 1.165) is 80.4 Å². The predicted octanol–water partition coefficient (Wildman–Crippen LogP) is 4.63. The summed E-state index contributed by atoms with van der Waals surface area (Å²) < 4.78 is 19.6. The zero-order chi connectivity index (χ0) is 23.3. The number of nitrogens with zero attached hydrogens (tertiary/aromatic N) is 3. The van der Waals surface area contributed by atoms with Gasteiger partial charge in [0, 0.05) is 49.7 Å². The van der Waals surface area contributed by atoms with Crippen LogP contribution < -0.4 is 15.0 Å². The lowest BCUT2D eigenvalue weighted by atomic mass is 10.1. The van der Waals surface area contributed by atoms with E-state index in [1.165, 1.54) is 6.07 Å². The van der Waals surface area contributed by atoms with Crippen LogP contribution in [0.2, 0.25) is 0 Å². The van der Waals surface area contributed by atoms with Crippen LogP contribution in [0.4, 0.5) is 15.9 Å². The number of hydrogen-bond donors (Lipinski definition) is 1. The van der Waals surface area contributed by atoms with E-state index in [1.54, 1.807) is 6.07 Å². The number of carbonyl (C=O) groups excluding carboxylic acids is 1. The molecule has 0 aliphatic carbocycles. The van der Waals surface area contributed by atoms with Gasteiger partial charge in [-0.1, -0.05) is 18.2 Å². The molecule has 0 radical (unpaired) electrons. The normalized spacial score (nSPS) is 16.7. The number of ether oxygens (including phenoxy) is 1. The summed E-state index contributed by atoms with van der Waals surface area (Å²) in [6, 6.07) is 15.1. The summed E-state index contributed by atoms with van der Waals surface area (Å²) in [5.41, 5.74) is 2.19. The van der Waals surface area contributed by atoms with Gasteiger partial charge >= 0.3 is 0 Å². The lowest BCUT2D eigenvalue weighted by molar-refractivity contribution is -0.116. The Morgan fingerprint density at radius 1 is 1.00 bits per heavy atom. The van der Waals surface area contributed by atoms with Crippen molar-refractivity contribution in [2.24, 2.45) is 0 Å². The van der Waals surface area contributed by atoms with Crippen LogP contribution in [0, 0.1) is 5.82 Å². The van der Waals surface area contributed by atoms with Crippen molar-refractivity contribution in [3.05, 3.63) is 59.9 Å². The third-order valence-corrected chi connectivity index (χ3v) is 6.71. The first kappa shape index (κ1) is 22.6. The van der Waals surface area contributed by atoms with Crippen LogP contribution >= 0.6 is 0 Å². The summed E-state index contributed by atoms with van der Waals surface area (Å²) in [6.45, 7) is 5.53. The Kier molecular flexibility index (Phi) is 6.90. The van der Waals surface area contributed by atoms with Gasteiger partial charge in [0.05, 0.1) is 6.61 Å². The number of fused-ring (bicyclic) bond motifs is 2. The second-order valence-corrected chi connectivity index (χ2v) is 9.09. The summed E-state index contributed by atoms with van der Waals surface area (Å²) in [4.78, 5) is 21.1. The van der Waals surface area contributed by atoms with Crippen LogP contribution in [0.3, 0.4) is 0 Å². The van der Waals surface area contributed by atoms with Crippen molar-refractivity contribution >= 4 is 28.2 Å². The fourth-order valence-corrected chi connectivity index (χ4v) is 4.83. The lowest BCUT2D eigenvalue weighted by Gasteiger charge is -2.36. The average molecular weight is 463 g/mol. The average Bonchev–Trinajstić information content (AvgIpc) is 3.04. The number of pyridine rings is 1. The molecule has 1 amide bonds. The third-order valence-electron chi connectivity index (χ3n) is 6.71. The molecule has 5 rings (SSSR count). The van der Waals surface area contributed by atoms with E-state index in [9.17, 15) is 9.18 Å². The minimum Gasteiger partial charge on any atom is -0.478 e. The van der Waals surface area contributed by atoms with Crippen LogP contribution in [-0.2, 0) is 11.2 Å². The van der Waals surface area contributed by atoms with Crippen LogP contribution in [0.5, 0.6) is 5.88 Å². The highest BCUT2D eigenvalue weighted by atomic mass is 19.1. The van der Waals surface area contributed by atoms with Crippen molar-refractivity contribution in [2.45, 2.75) is 32.1 Å². The third kappa shape index (κ3) is 5.30. The molecule has 178 valence electrons. The highest BCUT2D eigenvalue weighted by molar-refractivity contribution is 5.94. The maximum absolute atomic E-state index is 13.8. The maximum Gasteiger partial charge on any atom is 0.225 e. The van der Waals surface area contributed by atoms with Gasteiger partial charge in [0.25, 0.3) is 0 Å². The second kappa shape index (κ2) is 10.4. The summed E-state index contributed by atoms with van der Waals surface area (Å²) in [5, 5.41) is 4.94. The summed E-state index contributed by atoms with van der Waals surface area (Å²) in [5.74, 6) is 1.05. The van der Waals surface area contributed by atoms with Gasteiger partial charge < -0.3 is 15.0 Å². The number of halogens is 1. The van der Waals surface area contributed by atoms with Crippen LogP contribution in [0.25, 0.3) is 10.8 Å². The molecule has 1 fully saturated rings. The zero-order valence-electron chi connectivity index (χ0n) is 19.4. The van der Waals surface area contributed by atoms with Crippen molar-refractivity contribution < 1.29 is 13.9 Å². The summed E-state index contributed by atoms with van der Waals surface area (Å²) in [6.07, 6.45) is 4.28. The molecule has 1 aromatic heterocycles. The number of anilines is 2. The molecule has 7 heteroatoms. The van der Waals surface area contributed by atoms with Gasteiger partial charge in [-0.15, -0.1) is 0 Å². The van der Waals surface area contributed by atoms with Gasteiger partial charge in [-0.3, -0.25) is 9.69 Å². The number of hydrogen-bond acceptors (Lipinski definition) is 5. The SMILES string of the molecule is O=C1CCCc2ccc(OCCCCN3CCN(c4cccc5ccc(F)cc45)CC3)nc2N1. The first-order valence-corrected chi connectivity index (χ1v) is 12.2. The number of piperazine rings is 1. The highest BCUT2D eigenvalue weighted by Gasteiger charge is 2.19. The first-order chi connectivity index (χ1) is 16.7. The van der Waals surface area contributed by atoms with Crippen molar-refractivity contribution in [1.82, 2.24) is 9.88 Å². The number of nitrogens with one attached hydrogen (secondary N) is 1. The number of carbonyl (C=O) groups is 1. The number of aromatic nitrogens is 1. The topological polar surface area (TPSA) is 57.7 Å². The van der Waals surface area contributed by atoms with Crippen molar-refractivity contribution in [3.8, 4) is 5.88 Å². The molecule has 2 aliphatic rings. The molecule has 3 heterocycles. The van der Waals surface area contributed by atoms with Gasteiger partial charge in [0.2, 0.25) is 11.8 Å². The molecule has 0 unspecified atom stereocenters. The monoisotopic (exact) mass is 462 g/mol. The van der Waals surface area contributed by atoms with Crippen LogP contribution in [-0.4, -0.2) is 55.1 Å². The number of rotatable bonds is 7. The standard InChI is InChI=1S/C27H31FN4O2/c28-22-11-9-20-5-3-7-24(23(20)19-22)32-16-14-31(15-17-32)13-1-2-18-34-26-12-10-21-6-4-8-25(33)29-27(21)30-26/h3,5,7,9-12,19H,1-2,4,6,8,13-18H2,(H,29,30,33). The van der Waals surface area contributed by atoms with Gasteiger partial charge in [-0.25, -0.2) is 4.39 Å². The Balaban J connectivity index is 1.06. The van der Waals surface area contributed by atoms with Crippen molar-refractivity contribution in [2.75, 3.05) is 49.5 Å². The smallest absolute Gasteiger partial charge is 0.225 e. The first-order valence-electron chi connectivity index (χ1n) is 12.2. The Bertz CT molecular complexity index is 1160. The quantitative estimate of drug-likeness (QED) is 0.519. The largest absolute Gasteiger partial charge is 0.478 e. The molecular weight excluding hydrogens is 431 g/mol. The number of aryl methyl sites for hydroxylation is 1. The number of benzene rings is 2. The maximum atomic E-state index is 13.8. The Morgan fingerprint density at radius 2 is 1.88 bits per heavy atom. The fourth-order valence-electron chi connectivity index (χ4n) is 4.83. The molecule has 2 aromatic carbocycles. The Labute approximate surface area is 199 Å². The molecule has 0 atom stereocenters. The molecule has 1 saturated heterocycles. The van der Waals surface area contributed by atoms with Crippen molar-refractivity contribution in [3.63, 3.8) is 0 Å². The molecule has 34 heavy (non-hydrogen) atoms. The van der Waals surface area contributed by atoms with Gasteiger partial charge in [0.1, 0.15) is 11.6 Å². The van der Waals surface area contributed by atoms with Gasteiger partial charge in [0.15, 0.2) is 0 Å². The summed E-state index contributed by atoms with van der Waals surface area (Å²) >= 11 is 0. The zero-order valence-corrected chi connectivity index (χ0v) is 19.4. The molecule has 0 saturated carbocycles. The Hall–Kier alpha value is -3.19. The number of amides is 1. The van der Waals surface area contributed by atoms with E-state index in [0.29, 0.717) is 24.7 Å². The molecule has 0 bridgehead atoms. The lowest BCUT2D eigenvalue weighted by Crippen LogP contribution is -2.46. The number of unbranched alkanes of at least 4 members (excludes halogenated alkanes) is 1. The Morgan fingerprint density at radius 3 is 2.76 bits per heavy atom. The van der Waals surface area contributed by atoms with E-state index >= 15 is 0 Å². The molecule has 1 N–H and O–H groups in total. The molecule has 3 aromatic rings. The minimum atomic E-state index is -0.188. The van der Waals surface area contributed by atoms with Gasteiger partial charge in [-0.05, 0) is 67.4 Å². The van der Waals surface area contributed by atoms with E-state index in [2.05, 4.69) is 32.2 Å². The molecule has 0 spiro atoms. The van der Waals surface area contributed by atoms with Gasteiger partial charge in [-0.2, -0.15) is 4.98 Å². The molecular formula is C27H31FN4O2.